The zero-order chi connectivity index (χ0) is 7.72. The average molecular weight is 197 g/mol. The predicted octanol–water partition coefficient (Wildman–Crippen LogP) is 1.32. The molecule has 1 aromatic carbocycles. The van der Waals surface area contributed by atoms with Crippen LogP contribution in [-0.2, 0) is 0 Å². The smallest absolute Gasteiger partial charge is 0.0832 e. The van der Waals surface area contributed by atoms with Gasteiger partial charge in [0.2, 0.25) is 0 Å². The topological polar surface area (TPSA) is 0 Å². The highest BCUT2D eigenvalue weighted by molar-refractivity contribution is 9.10. The molecule has 52 valence electrons. The Hall–Kier alpha value is -0.235. The van der Waals surface area contributed by atoms with Gasteiger partial charge in [-0.3, -0.25) is 0 Å². The predicted molar refractivity (Wildman–Crippen MR) is 51.8 cm³/mol. The fourth-order valence-corrected chi connectivity index (χ4v) is 1.67. The van der Waals surface area contributed by atoms with Crippen LogP contribution >= 0.6 is 15.9 Å². The Morgan fingerprint density at radius 2 is 1.60 bits per heavy atom. The fourth-order valence-electron chi connectivity index (χ4n) is 0.983. The Morgan fingerprint density at radius 1 is 1.20 bits per heavy atom. The summed E-state index contributed by atoms with van der Waals surface area (Å²) in [5.74, 6) is 0. The third kappa shape index (κ3) is 1.43. The van der Waals surface area contributed by atoms with Crippen molar-refractivity contribution in [3.8, 4) is 0 Å². The molecule has 0 aromatic heterocycles. The maximum Gasteiger partial charge on any atom is 0.139 e. The van der Waals surface area contributed by atoms with E-state index in [1.165, 1.54) is 21.1 Å². The van der Waals surface area contributed by atoms with E-state index in [2.05, 4.69) is 49.8 Å². The molecule has 0 aliphatic carbocycles. The standard InChI is InChI=1S/C8H10BBr/c1-5-3-7(10)4-6(2)8(5)9/h3-4H,9H2,1-2H3. The SMILES string of the molecule is Bc1c(C)cc(Br)cc1C. The van der Waals surface area contributed by atoms with Crippen molar-refractivity contribution in [1.29, 1.82) is 0 Å². The molecule has 1 aromatic rings. The Balaban J connectivity index is 3.31. The Labute approximate surface area is 71.2 Å². The maximum absolute atomic E-state index is 3.45. The highest BCUT2D eigenvalue weighted by atomic mass is 79.9. The van der Waals surface area contributed by atoms with Gasteiger partial charge in [0.05, 0.1) is 0 Å². The van der Waals surface area contributed by atoms with Crippen molar-refractivity contribution in [3.05, 3.63) is 27.7 Å². The molecule has 1 rings (SSSR count). The summed E-state index contributed by atoms with van der Waals surface area (Å²) in [5, 5.41) is 0. The van der Waals surface area contributed by atoms with E-state index < -0.39 is 0 Å². The van der Waals surface area contributed by atoms with Crippen LogP contribution in [0.15, 0.2) is 16.6 Å². The first kappa shape index (κ1) is 7.87. The van der Waals surface area contributed by atoms with Crippen molar-refractivity contribution in [2.45, 2.75) is 13.8 Å². The van der Waals surface area contributed by atoms with Crippen LogP contribution in [0.3, 0.4) is 0 Å². The van der Waals surface area contributed by atoms with Crippen molar-refractivity contribution < 1.29 is 0 Å². The van der Waals surface area contributed by atoms with Crippen LogP contribution < -0.4 is 5.46 Å². The Morgan fingerprint density at radius 3 is 2.00 bits per heavy atom. The molecular formula is C8H10BBr. The summed E-state index contributed by atoms with van der Waals surface area (Å²) < 4.78 is 1.17. The molecule has 10 heavy (non-hydrogen) atoms. The first-order valence-corrected chi connectivity index (χ1v) is 4.14. The summed E-state index contributed by atoms with van der Waals surface area (Å²) in [6.45, 7) is 4.26. The first-order chi connectivity index (χ1) is 4.61. The van der Waals surface area contributed by atoms with Crippen LogP contribution in [0.25, 0.3) is 0 Å². The van der Waals surface area contributed by atoms with Gasteiger partial charge in [-0.05, 0) is 26.0 Å². The number of aryl methyl sites for hydroxylation is 2. The van der Waals surface area contributed by atoms with Gasteiger partial charge in [-0.2, -0.15) is 0 Å². The lowest BCUT2D eigenvalue weighted by Gasteiger charge is -2.04. The lowest BCUT2D eigenvalue weighted by molar-refractivity contribution is 1.41. The largest absolute Gasteiger partial charge is 0.139 e. The van der Waals surface area contributed by atoms with Crippen LogP contribution in [-0.4, -0.2) is 7.85 Å². The molecule has 0 aliphatic heterocycles. The molecule has 0 radical (unpaired) electrons. The summed E-state index contributed by atoms with van der Waals surface area (Å²) in [5.41, 5.74) is 4.10. The second kappa shape index (κ2) is 2.79. The highest BCUT2D eigenvalue weighted by Gasteiger charge is 1.96. The van der Waals surface area contributed by atoms with E-state index in [1.807, 2.05) is 0 Å². The number of benzene rings is 1. The molecule has 0 aliphatic rings. The number of halogens is 1. The van der Waals surface area contributed by atoms with Crippen molar-refractivity contribution in [1.82, 2.24) is 0 Å². The van der Waals surface area contributed by atoms with Gasteiger partial charge >= 0.3 is 0 Å². The van der Waals surface area contributed by atoms with E-state index in [0.29, 0.717) is 0 Å². The third-order valence-electron chi connectivity index (χ3n) is 1.89. The molecule has 0 saturated heterocycles. The Bertz CT molecular complexity index is 232. The molecule has 0 nitrogen and oxygen atoms in total. The number of hydrogen-bond acceptors (Lipinski definition) is 0. The Kier molecular flexibility index (Phi) is 2.19. The zero-order valence-electron chi connectivity index (χ0n) is 6.53. The van der Waals surface area contributed by atoms with Crippen LogP contribution in [0.4, 0.5) is 0 Å². The minimum absolute atomic E-state index is 1.17. The normalized spacial score (nSPS) is 9.90. The van der Waals surface area contributed by atoms with Crippen molar-refractivity contribution in [2.75, 3.05) is 0 Å². The van der Waals surface area contributed by atoms with Crippen LogP contribution in [0.2, 0.25) is 0 Å². The van der Waals surface area contributed by atoms with Crippen LogP contribution in [0, 0.1) is 13.8 Å². The molecule has 0 spiro atoms. The van der Waals surface area contributed by atoms with E-state index in [0.717, 1.165) is 0 Å². The summed E-state index contributed by atoms with van der Waals surface area (Å²) in [6.07, 6.45) is 0. The molecule has 0 amide bonds. The minimum atomic E-state index is 1.17. The minimum Gasteiger partial charge on any atom is -0.0832 e. The number of rotatable bonds is 0. The molecular weight excluding hydrogens is 187 g/mol. The van der Waals surface area contributed by atoms with E-state index in [4.69, 9.17) is 0 Å². The second-order valence-electron chi connectivity index (χ2n) is 2.66. The lowest BCUT2D eigenvalue weighted by atomic mass is 9.87. The molecule has 0 unspecified atom stereocenters. The van der Waals surface area contributed by atoms with Gasteiger partial charge < -0.3 is 0 Å². The van der Waals surface area contributed by atoms with Crippen LogP contribution in [0.5, 0.6) is 0 Å². The molecule has 0 heterocycles. The fraction of sp³-hybridized carbons (Fsp3) is 0.250. The van der Waals surface area contributed by atoms with Crippen LogP contribution in [0.1, 0.15) is 11.1 Å². The van der Waals surface area contributed by atoms with Gasteiger partial charge in [0.15, 0.2) is 0 Å². The lowest BCUT2D eigenvalue weighted by Crippen LogP contribution is -2.10. The summed E-state index contributed by atoms with van der Waals surface area (Å²) in [4.78, 5) is 0. The van der Waals surface area contributed by atoms with Gasteiger partial charge in [0.1, 0.15) is 7.85 Å². The van der Waals surface area contributed by atoms with Gasteiger partial charge in [0, 0.05) is 4.47 Å². The quantitative estimate of drug-likeness (QED) is 0.550. The zero-order valence-corrected chi connectivity index (χ0v) is 8.12. The van der Waals surface area contributed by atoms with Crippen molar-refractivity contribution in [3.63, 3.8) is 0 Å². The summed E-state index contributed by atoms with van der Waals surface area (Å²) in [7, 11) is 2.15. The van der Waals surface area contributed by atoms with Crippen molar-refractivity contribution >= 4 is 29.2 Å². The van der Waals surface area contributed by atoms with Gasteiger partial charge in [-0.1, -0.05) is 32.5 Å². The van der Waals surface area contributed by atoms with Crippen molar-refractivity contribution in [2.24, 2.45) is 0 Å². The van der Waals surface area contributed by atoms with Gasteiger partial charge in [-0.25, -0.2) is 0 Å². The average Bonchev–Trinajstić information content (AvgIpc) is 1.82. The van der Waals surface area contributed by atoms with E-state index in [9.17, 15) is 0 Å². The summed E-state index contributed by atoms with van der Waals surface area (Å²) in [6, 6.07) is 4.28. The van der Waals surface area contributed by atoms with E-state index in [1.54, 1.807) is 0 Å². The molecule has 0 atom stereocenters. The van der Waals surface area contributed by atoms with E-state index >= 15 is 0 Å². The van der Waals surface area contributed by atoms with E-state index in [-0.39, 0.29) is 0 Å². The monoisotopic (exact) mass is 196 g/mol. The van der Waals surface area contributed by atoms with Gasteiger partial charge in [-0.15, -0.1) is 0 Å². The van der Waals surface area contributed by atoms with Gasteiger partial charge in [0.25, 0.3) is 0 Å². The maximum atomic E-state index is 3.45. The second-order valence-corrected chi connectivity index (χ2v) is 3.58. The number of hydrogen-bond donors (Lipinski definition) is 0. The molecule has 2 heteroatoms. The third-order valence-corrected chi connectivity index (χ3v) is 2.35. The molecule has 0 bridgehead atoms. The highest BCUT2D eigenvalue weighted by Crippen LogP contribution is 2.11. The molecule has 0 saturated carbocycles. The molecule has 0 fully saturated rings. The first-order valence-electron chi connectivity index (χ1n) is 3.34. The molecule has 0 N–H and O–H groups in total. The summed E-state index contributed by atoms with van der Waals surface area (Å²) >= 11 is 3.45.